The van der Waals surface area contributed by atoms with Gasteiger partial charge in [0.25, 0.3) is 5.91 Å². The van der Waals surface area contributed by atoms with Crippen molar-refractivity contribution in [1.29, 1.82) is 0 Å². The number of aromatic carboxylic acids is 1. The lowest BCUT2D eigenvalue weighted by molar-refractivity contribution is -0.121. The lowest BCUT2D eigenvalue weighted by Crippen LogP contribution is -2.23. The topological polar surface area (TPSA) is 74.9 Å². The molecule has 0 spiro atoms. The number of rotatable bonds is 4. The minimum atomic E-state index is -0.988. The van der Waals surface area contributed by atoms with Crippen LogP contribution in [-0.2, 0) is 4.79 Å². The highest BCUT2D eigenvalue weighted by atomic mass is 79.9. The molecule has 6 nitrogen and oxygen atoms in total. The van der Waals surface area contributed by atoms with Gasteiger partial charge in [0.2, 0.25) is 0 Å². The zero-order valence-corrected chi connectivity index (χ0v) is 20.1. The Morgan fingerprint density at radius 3 is 2.38 bits per heavy atom. The first-order chi connectivity index (χ1) is 15.2. The summed E-state index contributed by atoms with van der Waals surface area (Å²) in [5, 5.41) is 9.58. The molecular weight excluding hydrogens is 490 g/mol. The molecule has 0 atom stereocenters. The predicted octanol–water partition coefficient (Wildman–Crippen LogP) is 5.79. The lowest BCUT2D eigenvalue weighted by atomic mass is 10.2. The molecule has 0 saturated carbocycles. The first-order valence-corrected chi connectivity index (χ1v) is 11.4. The fourth-order valence-corrected chi connectivity index (χ4v) is 4.75. The Hall–Kier alpha value is -3.10. The third-order valence-corrected chi connectivity index (χ3v) is 6.77. The van der Waals surface area contributed by atoms with Crippen molar-refractivity contribution >= 4 is 56.5 Å². The van der Waals surface area contributed by atoms with Gasteiger partial charge in [-0.05, 0) is 91.8 Å². The first-order valence-electron chi connectivity index (χ1n) is 9.79. The van der Waals surface area contributed by atoms with Crippen molar-refractivity contribution in [1.82, 2.24) is 9.47 Å². The summed E-state index contributed by atoms with van der Waals surface area (Å²) in [5.74, 6) is -1.11. The summed E-state index contributed by atoms with van der Waals surface area (Å²) >= 11 is 4.77. The second kappa shape index (κ2) is 8.80. The van der Waals surface area contributed by atoms with Crippen LogP contribution in [0.1, 0.15) is 27.3 Å². The second-order valence-electron chi connectivity index (χ2n) is 7.36. The van der Waals surface area contributed by atoms with Crippen LogP contribution in [-0.4, -0.2) is 38.7 Å². The largest absolute Gasteiger partial charge is 0.478 e. The van der Waals surface area contributed by atoms with Gasteiger partial charge >= 0.3 is 5.97 Å². The molecule has 162 valence electrons. The van der Waals surface area contributed by atoms with Gasteiger partial charge in [-0.25, -0.2) is 9.79 Å². The third kappa shape index (κ3) is 4.28. The molecule has 0 aliphatic carbocycles. The van der Waals surface area contributed by atoms with Crippen molar-refractivity contribution in [3.63, 3.8) is 0 Å². The number of hydrogen-bond acceptors (Lipinski definition) is 4. The Morgan fingerprint density at radius 1 is 1.09 bits per heavy atom. The van der Waals surface area contributed by atoms with Crippen molar-refractivity contribution < 1.29 is 14.7 Å². The van der Waals surface area contributed by atoms with Crippen LogP contribution in [0.5, 0.6) is 0 Å². The molecule has 0 radical (unpaired) electrons. The molecular formula is C24H20BrN3O3S. The van der Waals surface area contributed by atoms with Crippen molar-refractivity contribution in [2.24, 2.45) is 4.99 Å². The van der Waals surface area contributed by atoms with Crippen LogP contribution < -0.4 is 0 Å². The number of benzene rings is 2. The Morgan fingerprint density at radius 2 is 1.75 bits per heavy atom. The molecule has 4 rings (SSSR count). The summed E-state index contributed by atoms with van der Waals surface area (Å²) in [5.41, 5.74) is 4.94. The molecule has 32 heavy (non-hydrogen) atoms. The van der Waals surface area contributed by atoms with Gasteiger partial charge < -0.3 is 9.67 Å². The second-order valence-corrected chi connectivity index (χ2v) is 9.28. The number of carbonyl (C=O) groups is 2. The summed E-state index contributed by atoms with van der Waals surface area (Å²) in [4.78, 5) is 30.5. The standard InChI is InChI=1S/C24H20BrN3O3S/c1-14-12-17(15(2)28(14)20-10-6-18(25)7-11-20)13-21-22(29)27(3)24(32-21)26-19-8-4-16(5-9-19)23(30)31/h4-13H,1-3H3,(H,30,31)/b21-13-,26-24?. The Bertz CT molecular complexity index is 1280. The molecule has 0 unspecified atom stereocenters. The highest BCUT2D eigenvalue weighted by Crippen LogP contribution is 2.34. The normalized spacial score (nSPS) is 16.4. The number of thioether (sulfide) groups is 1. The maximum Gasteiger partial charge on any atom is 0.335 e. The fourth-order valence-electron chi connectivity index (χ4n) is 3.50. The third-order valence-electron chi connectivity index (χ3n) is 5.18. The van der Waals surface area contributed by atoms with Crippen LogP contribution in [0.3, 0.4) is 0 Å². The van der Waals surface area contributed by atoms with Crippen molar-refractivity contribution in [3.8, 4) is 5.69 Å². The quantitative estimate of drug-likeness (QED) is 0.451. The van der Waals surface area contributed by atoms with E-state index in [1.807, 2.05) is 44.2 Å². The molecule has 1 N–H and O–H groups in total. The van der Waals surface area contributed by atoms with E-state index in [-0.39, 0.29) is 11.5 Å². The number of carboxylic acid groups (broad SMARTS) is 1. The number of carboxylic acids is 1. The minimum absolute atomic E-state index is 0.121. The molecule has 1 aliphatic heterocycles. The smallest absolute Gasteiger partial charge is 0.335 e. The zero-order valence-electron chi connectivity index (χ0n) is 17.7. The Balaban J connectivity index is 1.64. The monoisotopic (exact) mass is 509 g/mol. The average Bonchev–Trinajstić information content (AvgIpc) is 3.19. The van der Waals surface area contributed by atoms with E-state index in [0.29, 0.717) is 15.8 Å². The van der Waals surface area contributed by atoms with E-state index < -0.39 is 5.97 Å². The van der Waals surface area contributed by atoms with E-state index in [0.717, 1.165) is 27.1 Å². The number of nitrogens with zero attached hydrogens (tertiary/aromatic N) is 3. The number of halogens is 1. The number of amides is 1. The van der Waals surface area contributed by atoms with E-state index in [2.05, 4.69) is 31.6 Å². The zero-order chi connectivity index (χ0) is 23.0. The lowest BCUT2D eigenvalue weighted by Gasteiger charge is -2.09. The first kappa shape index (κ1) is 22.1. The highest BCUT2D eigenvalue weighted by Gasteiger charge is 2.30. The molecule has 1 aliphatic rings. The molecule has 2 aromatic carbocycles. The maximum atomic E-state index is 12.8. The van der Waals surface area contributed by atoms with Crippen molar-refractivity contribution in [2.75, 3.05) is 7.05 Å². The molecule has 1 aromatic heterocycles. The van der Waals surface area contributed by atoms with Crippen LogP contribution in [0.25, 0.3) is 11.8 Å². The number of hydrogen-bond donors (Lipinski definition) is 1. The SMILES string of the molecule is Cc1cc(/C=C2\SC(=Nc3ccc(C(=O)O)cc3)N(C)C2=O)c(C)n1-c1ccc(Br)cc1. The van der Waals surface area contributed by atoms with Gasteiger partial charge in [0.05, 0.1) is 16.2 Å². The van der Waals surface area contributed by atoms with E-state index in [1.165, 1.54) is 28.8 Å². The van der Waals surface area contributed by atoms with Gasteiger partial charge in [-0.15, -0.1) is 0 Å². The van der Waals surface area contributed by atoms with Gasteiger partial charge in [0, 0.05) is 28.6 Å². The van der Waals surface area contributed by atoms with Gasteiger partial charge in [-0.2, -0.15) is 0 Å². The van der Waals surface area contributed by atoms with Crippen molar-refractivity contribution in [2.45, 2.75) is 13.8 Å². The van der Waals surface area contributed by atoms with E-state index in [4.69, 9.17) is 5.11 Å². The van der Waals surface area contributed by atoms with Crippen molar-refractivity contribution in [3.05, 3.63) is 86.5 Å². The highest BCUT2D eigenvalue weighted by molar-refractivity contribution is 9.10. The number of amidine groups is 1. The fraction of sp³-hybridized carbons (Fsp3) is 0.125. The van der Waals surface area contributed by atoms with Gasteiger partial charge in [-0.1, -0.05) is 15.9 Å². The number of aromatic nitrogens is 1. The molecule has 0 bridgehead atoms. The van der Waals surface area contributed by atoms with E-state index >= 15 is 0 Å². The molecule has 8 heteroatoms. The number of aliphatic imine (C=N–C) groups is 1. The molecule has 1 saturated heterocycles. The summed E-state index contributed by atoms with van der Waals surface area (Å²) in [6.45, 7) is 4.08. The van der Waals surface area contributed by atoms with Crippen LogP contribution in [0, 0.1) is 13.8 Å². The predicted molar refractivity (Wildman–Crippen MR) is 132 cm³/mol. The summed E-state index contributed by atoms with van der Waals surface area (Å²) in [6.07, 6.45) is 1.90. The van der Waals surface area contributed by atoms with Crippen LogP contribution in [0.2, 0.25) is 0 Å². The van der Waals surface area contributed by atoms with Crippen LogP contribution in [0.4, 0.5) is 5.69 Å². The number of likely N-dealkylation sites (N-methyl/N-ethyl adjacent to an activating group) is 1. The Labute approximate surface area is 198 Å². The Kier molecular flexibility index (Phi) is 6.08. The molecule has 2 heterocycles. The summed E-state index contributed by atoms with van der Waals surface area (Å²) in [7, 11) is 1.69. The summed E-state index contributed by atoms with van der Waals surface area (Å²) in [6, 6.07) is 16.4. The minimum Gasteiger partial charge on any atom is -0.478 e. The number of carbonyl (C=O) groups excluding carboxylic acids is 1. The van der Waals surface area contributed by atoms with E-state index in [1.54, 1.807) is 19.2 Å². The average molecular weight is 510 g/mol. The maximum absolute atomic E-state index is 12.8. The van der Waals surface area contributed by atoms with E-state index in [9.17, 15) is 9.59 Å². The van der Waals surface area contributed by atoms with Gasteiger partial charge in [-0.3, -0.25) is 9.69 Å². The van der Waals surface area contributed by atoms with Crippen LogP contribution in [0.15, 0.2) is 69.0 Å². The molecule has 1 fully saturated rings. The number of aryl methyl sites for hydroxylation is 1. The van der Waals surface area contributed by atoms with Gasteiger partial charge in [0.1, 0.15) is 0 Å². The van der Waals surface area contributed by atoms with Gasteiger partial charge in [0.15, 0.2) is 5.17 Å². The molecule has 1 amide bonds. The molecule has 3 aromatic rings. The van der Waals surface area contributed by atoms with Crippen LogP contribution >= 0.6 is 27.7 Å². The summed E-state index contributed by atoms with van der Waals surface area (Å²) < 4.78 is 3.18.